The lowest BCUT2D eigenvalue weighted by molar-refractivity contribution is -0.137. The standard InChI is InChI=1S/C14H25N3O4/c1-16(6-3-5-13(18)19)14(20)15-8-12-9-17-7-2-4-11(17)10-21-12/h11-12H,2-10H2,1H3,(H,15,20)(H,18,19). The van der Waals surface area contributed by atoms with Crippen LogP contribution < -0.4 is 5.32 Å². The molecule has 2 rings (SSSR count). The van der Waals surface area contributed by atoms with Crippen LogP contribution >= 0.6 is 0 Å². The van der Waals surface area contributed by atoms with E-state index in [-0.39, 0.29) is 18.6 Å². The molecule has 0 aliphatic carbocycles. The van der Waals surface area contributed by atoms with E-state index in [0.717, 1.165) is 19.7 Å². The van der Waals surface area contributed by atoms with Crippen LogP contribution in [0.25, 0.3) is 0 Å². The summed E-state index contributed by atoms with van der Waals surface area (Å²) in [5.41, 5.74) is 0. The summed E-state index contributed by atoms with van der Waals surface area (Å²) in [5.74, 6) is -0.834. The molecule has 0 saturated carbocycles. The van der Waals surface area contributed by atoms with Crippen molar-refractivity contribution in [2.24, 2.45) is 0 Å². The van der Waals surface area contributed by atoms with Crippen LogP contribution in [-0.4, -0.2) is 78.9 Å². The second-order valence-electron chi connectivity index (χ2n) is 5.85. The first kappa shape index (κ1) is 16.0. The van der Waals surface area contributed by atoms with Crippen molar-refractivity contribution in [2.75, 3.05) is 39.8 Å². The van der Waals surface area contributed by atoms with E-state index in [2.05, 4.69) is 10.2 Å². The maximum absolute atomic E-state index is 11.9. The molecule has 0 radical (unpaired) electrons. The van der Waals surface area contributed by atoms with Crippen molar-refractivity contribution >= 4 is 12.0 Å². The third-order valence-electron chi connectivity index (χ3n) is 4.17. The third-order valence-corrected chi connectivity index (χ3v) is 4.17. The monoisotopic (exact) mass is 299 g/mol. The highest BCUT2D eigenvalue weighted by Gasteiger charge is 2.32. The van der Waals surface area contributed by atoms with Gasteiger partial charge in [0.1, 0.15) is 0 Å². The molecule has 2 aliphatic rings. The Morgan fingerprint density at radius 2 is 2.29 bits per heavy atom. The first-order valence-corrected chi connectivity index (χ1v) is 7.62. The maximum Gasteiger partial charge on any atom is 0.317 e. The molecule has 7 heteroatoms. The number of carbonyl (C=O) groups excluding carboxylic acids is 1. The smallest absolute Gasteiger partial charge is 0.317 e. The largest absolute Gasteiger partial charge is 0.481 e. The van der Waals surface area contributed by atoms with E-state index < -0.39 is 5.97 Å². The van der Waals surface area contributed by atoms with Gasteiger partial charge in [-0.2, -0.15) is 0 Å². The molecule has 2 saturated heterocycles. The molecular weight excluding hydrogens is 274 g/mol. The van der Waals surface area contributed by atoms with Crippen LogP contribution in [0, 0.1) is 0 Å². The zero-order valence-electron chi connectivity index (χ0n) is 12.6. The number of morpholine rings is 1. The lowest BCUT2D eigenvalue weighted by atomic mass is 10.2. The maximum atomic E-state index is 11.9. The number of nitrogens with zero attached hydrogens (tertiary/aromatic N) is 2. The first-order valence-electron chi connectivity index (χ1n) is 7.62. The van der Waals surface area contributed by atoms with Crippen LogP contribution in [0.2, 0.25) is 0 Å². The molecule has 2 fully saturated rings. The highest BCUT2D eigenvalue weighted by molar-refractivity contribution is 5.74. The van der Waals surface area contributed by atoms with Crippen LogP contribution in [0.1, 0.15) is 25.7 Å². The zero-order valence-corrected chi connectivity index (χ0v) is 12.6. The number of nitrogens with one attached hydrogen (secondary N) is 1. The molecule has 2 heterocycles. The zero-order chi connectivity index (χ0) is 15.2. The lowest BCUT2D eigenvalue weighted by Gasteiger charge is -2.35. The predicted octanol–water partition coefficient (Wildman–Crippen LogP) is 0.356. The Balaban J connectivity index is 1.63. The highest BCUT2D eigenvalue weighted by atomic mass is 16.5. The minimum atomic E-state index is -0.834. The van der Waals surface area contributed by atoms with E-state index in [1.807, 2.05) is 0 Å². The average Bonchev–Trinajstić information content (AvgIpc) is 2.91. The number of hydrogen-bond donors (Lipinski definition) is 2. The van der Waals surface area contributed by atoms with Gasteiger partial charge in [0.05, 0.1) is 12.7 Å². The minimum absolute atomic E-state index is 0.0516. The van der Waals surface area contributed by atoms with Crippen molar-refractivity contribution in [3.8, 4) is 0 Å². The van der Waals surface area contributed by atoms with Gasteiger partial charge in [-0.25, -0.2) is 4.79 Å². The Kier molecular flexibility index (Phi) is 5.81. The molecule has 0 bridgehead atoms. The number of aliphatic carboxylic acids is 1. The number of hydrogen-bond acceptors (Lipinski definition) is 4. The predicted molar refractivity (Wildman–Crippen MR) is 77.2 cm³/mol. The number of fused-ring (bicyclic) bond motifs is 1. The van der Waals surface area contributed by atoms with Crippen molar-refractivity contribution in [1.29, 1.82) is 0 Å². The van der Waals surface area contributed by atoms with Gasteiger partial charge in [-0.15, -0.1) is 0 Å². The summed E-state index contributed by atoms with van der Waals surface area (Å²) in [6.07, 6.45) is 3.05. The van der Waals surface area contributed by atoms with Crippen molar-refractivity contribution < 1.29 is 19.4 Å². The fourth-order valence-electron chi connectivity index (χ4n) is 2.91. The fraction of sp³-hybridized carbons (Fsp3) is 0.857. The number of rotatable bonds is 6. The topological polar surface area (TPSA) is 82.1 Å². The fourth-order valence-corrected chi connectivity index (χ4v) is 2.91. The highest BCUT2D eigenvalue weighted by Crippen LogP contribution is 2.22. The summed E-state index contributed by atoms with van der Waals surface area (Å²) in [5, 5.41) is 11.4. The Hall–Kier alpha value is -1.34. The third kappa shape index (κ3) is 4.86. The Labute approximate surface area is 125 Å². The summed E-state index contributed by atoms with van der Waals surface area (Å²) in [4.78, 5) is 26.3. The van der Waals surface area contributed by atoms with Gasteiger partial charge >= 0.3 is 12.0 Å². The van der Waals surface area contributed by atoms with Gasteiger partial charge in [-0.1, -0.05) is 0 Å². The number of carboxylic acids is 1. The number of urea groups is 1. The van der Waals surface area contributed by atoms with Gasteiger partial charge in [0.15, 0.2) is 0 Å². The van der Waals surface area contributed by atoms with Crippen molar-refractivity contribution in [3.63, 3.8) is 0 Å². The molecule has 120 valence electrons. The normalized spacial score (nSPS) is 25.4. The van der Waals surface area contributed by atoms with Gasteiger partial charge in [0.25, 0.3) is 0 Å². The molecule has 2 atom stereocenters. The van der Waals surface area contributed by atoms with E-state index in [4.69, 9.17) is 9.84 Å². The van der Waals surface area contributed by atoms with Gasteiger partial charge in [0.2, 0.25) is 0 Å². The lowest BCUT2D eigenvalue weighted by Crippen LogP contribution is -2.51. The molecule has 0 aromatic heterocycles. The molecule has 2 aliphatic heterocycles. The summed E-state index contributed by atoms with van der Waals surface area (Å²) in [7, 11) is 1.68. The van der Waals surface area contributed by atoms with Crippen molar-refractivity contribution in [3.05, 3.63) is 0 Å². The first-order chi connectivity index (χ1) is 10.1. The molecular formula is C14H25N3O4. The molecule has 2 amide bonds. The van der Waals surface area contributed by atoms with Crippen molar-refractivity contribution in [1.82, 2.24) is 15.1 Å². The summed E-state index contributed by atoms with van der Waals surface area (Å²) in [6, 6.07) is 0.392. The number of carbonyl (C=O) groups is 2. The average molecular weight is 299 g/mol. The van der Waals surface area contributed by atoms with E-state index in [9.17, 15) is 9.59 Å². The second kappa shape index (κ2) is 7.61. The van der Waals surface area contributed by atoms with Crippen LogP contribution in [0.4, 0.5) is 4.79 Å². The summed E-state index contributed by atoms with van der Waals surface area (Å²) in [6.45, 7) is 3.72. The molecule has 21 heavy (non-hydrogen) atoms. The number of carboxylic acid groups (broad SMARTS) is 1. The number of amides is 2. The van der Waals surface area contributed by atoms with E-state index in [0.29, 0.717) is 25.6 Å². The van der Waals surface area contributed by atoms with Crippen molar-refractivity contribution in [2.45, 2.75) is 37.8 Å². The Morgan fingerprint density at radius 1 is 1.48 bits per heavy atom. The van der Waals surface area contributed by atoms with Crippen LogP contribution in [-0.2, 0) is 9.53 Å². The quantitative estimate of drug-likeness (QED) is 0.740. The van der Waals surface area contributed by atoms with Crippen LogP contribution in [0.5, 0.6) is 0 Å². The van der Waals surface area contributed by atoms with E-state index in [1.54, 1.807) is 7.05 Å². The molecule has 0 spiro atoms. The van der Waals surface area contributed by atoms with Crippen LogP contribution in [0.15, 0.2) is 0 Å². The molecule has 7 nitrogen and oxygen atoms in total. The number of ether oxygens (including phenoxy) is 1. The van der Waals surface area contributed by atoms with Gasteiger partial charge in [0, 0.05) is 39.1 Å². The van der Waals surface area contributed by atoms with Crippen LogP contribution in [0.3, 0.4) is 0 Å². The van der Waals surface area contributed by atoms with Gasteiger partial charge in [-0.05, 0) is 25.8 Å². The Bertz CT molecular complexity index is 377. The SMILES string of the molecule is CN(CCCC(=O)O)C(=O)NCC1CN2CCCC2CO1. The second-order valence-corrected chi connectivity index (χ2v) is 5.85. The van der Waals surface area contributed by atoms with E-state index in [1.165, 1.54) is 17.7 Å². The summed E-state index contributed by atoms with van der Waals surface area (Å²) >= 11 is 0. The Morgan fingerprint density at radius 3 is 3.05 bits per heavy atom. The van der Waals surface area contributed by atoms with Gasteiger partial charge < -0.3 is 20.1 Å². The van der Waals surface area contributed by atoms with E-state index >= 15 is 0 Å². The molecule has 2 unspecified atom stereocenters. The molecule has 0 aromatic rings. The van der Waals surface area contributed by atoms with Gasteiger partial charge in [-0.3, -0.25) is 9.69 Å². The summed E-state index contributed by atoms with van der Waals surface area (Å²) < 4.78 is 5.78. The minimum Gasteiger partial charge on any atom is -0.481 e. The molecule has 2 N–H and O–H groups in total. The molecule has 0 aromatic carbocycles.